The molecule has 90 valence electrons. The van der Waals surface area contributed by atoms with Crippen LogP contribution in [-0.4, -0.2) is 18.1 Å². The van der Waals surface area contributed by atoms with Gasteiger partial charge in [-0.3, -0.25) is 0 Å². The lowest BCUT2D eigenvalue weighted by atomic mass is 9.89. The van der Waals surface area contributed by atoms with Crippen LogP contribution in [0, 0.1) is 11.3 Å². The van der Waals surface area contributed by atoms with E-state index in [1.54, 1.807) is 0 Å². The van der Waals surface area contributed by atoms with Crippen LogP contribution in [-0.2, 0) is 0 Å². The molecule has 2 N–H and O–H groups in total. The van der Waals surface area contributed by atoms with E-state index in [0.717, 1.165) is 25.1 Å². The lowest BCUT2D eigenvalue weighted by molar-refractivity contribution is 0.286. The highest BCUT2D eigenvalue weighted by molar-refractivity contribution is 5.49. The minimum absolute atomic E-state index is 0.197. The Balaban J connectivity index is 2.03. The lowest BCUT2D eigenvalue weighted by Crippen LogP contribution is -2.50. The van der Waals surface area contributed by atoms with E-state index in [4.69, 9.17) is 5.26 Å². The Bertz CT molecular complexity index is 431. The Hall–Kier alpha value is -1.53. The molecule has 3 nitrogen and oxygen atoms in total. The molecule has 1 aromatic carbocycles. The minimum Gasteiger partial charge on any atom is -0.382 e. The number of hydrogen-bond donors (Lipinski definition) is 2. The molecule has 1 aromatic rings. The van der Waals surface area contributed by atoms with Crippen LogP contribution in [0.1, 0.15) is 32.3 Å². The quantitative estimate of drug-likeness (QED) is 0.819. The van der Waals surface area contributed by atoms with E-state index in [9.17, 15) is 0 Å². The van der Waals surface area contributed by atoms with Crippen molar-refractivity contribution in [1.82, 2.24) is 5.32 Å². The average molecular weight is 229 g/mol. The SMILES string of the molecule is CC1(C)CC(Nc2cccc(C#N)c2)CCN1. The van der Waals surface area contributed by atoms with Gasteiger partial charge in [0.15, 0.2) is 0 Å². The standard InChI is InChI=1S/C14H19N3/c1-14(2)9-13(6-7-16-14)17-12-5-3-4-11(8-12)10-15/h3-5,8,13,16-17H,6-7,9H2,1-2H3. The van der Waals surface area contributed by atoms with Gasteiger partial charge in [0.05, 0.1) is 11.6 Å². The van der Waals surface area contributed by atoms with Gasteiger partial charge in [-0.15, -0.1) is 0 Å². The number of anilines is 1. The van der Waals surface area contributed by atoms with Gasteiger partial charge in [0.1, 0.15) is 0 Å². The van der Waals surface area contributed by atoms with Crippen molar-refractivity contribution in [2.45, 2.75) is 38.3 Å². The van der Waals surface area contributed by atoms with Crippen molar-refractivity contribution in [2.24, 2.45) is 0 Å². The van der Waals surface area contributed by atoms with E-state index in [1.807, 2.05) is 24.3 Å². The van der Waals surface area contributed by atoms with E-state index >= 15 is 0 Å². The number of nitrogens with one attached hydrogen (secondary N) is 2. The highest BCUT2D eigenvalue weighted by atomic mass is 15.0. The molecule has 1 heterocycles. The van der Waals surface area contributed by atoms with Crippen molar-refractivity contribution in [3.8, 4) is 6.07 Å². The summed E-state index contributed by atoms with van der Waals surface area (Å²) in [5, 5.41) is 15.9. The molecule has 0 spiro atoms. The second kappa shape index (κ2) is 4.77. The first-order valence-corrected chi connectivity index (χ1v) is 6.11. The molecule has 1 fully saturated rings. The summed E-state index contributed by atoms with van der Waals surface area (Å²) in [6.07, 6.45) is 2.23. The zero-order chi connectivity index (χ0) is 12.3. The zero-order valence-electron chi connectivity index (χ0n) is 10.5. The third-order valence-electron chi connectivity index (χ3n) is 3.22. The van der Waals surface area contributed by atoms with Crippen LogP contribution in [0.4, 0.5) is 5.69 Å². The molecule has 1 aliphatic rings. The van der Waals surface area contributed by atoms with Crippen molar-refractivity contribution in [1.29, 1.82) is 5.26 Å². The maximum atomic E-state index is 8.86. The summed E-state index contributed by atoms with van der Waals surface area (Å²) in [4.78, 5) is 0. The molecular formula is C14H19N3. The third-order valence-corrected chi connectivity index (χ3v) is 3.22. The summed E-state index contributed by atoms with van der Waals surface area (Å²) in [7, 11) is 0. The first-order chi connectivity index (χ1) is 8.09. The molecule has 3 heteroatoms. The molecule has 0 aromatic heterocycles. The summed E-state index contributed by atoms with van der Waals surface area (Å²) >= 11 is 0. The van der Waals surface area contributed by atoms with Crippen LogP contribution in [0.3, 0.4) is 0 Å². The highest BCUT2D eigenvalue weighted by Gasteiger charge is 2.27. The molecule has 0 radical (unpaired) electrons. The van der Waals surface area contributed by atoms with Gasteiger partial charge >= 0.3 is 0 Å². The number of piperidine rings is 1. The van der Waals surface area contributed by atoms with Crippen molar-refractivity contribution in [3.63, 3.8) is 0 Å². The topological polar surface area (TPSA) is 47.9 Å². The first kappa shape index (κ1) is 11.9. The van der Waals surface area contributed by atoms with Gasteiger partial charge < -0.3 is 10.6 Å². The van der Waals surface area contributed by atoms with Gasteiger partial charge in [-0.25, -0.2) is 0 Å². The predicted octanol–water partition coefficient (Wildman–Crippen LogP) is 2.50. The van der Waals surface area contributed by atoms with Gasteiger partial charge in [0, 0.05) is 17.3 Å². The van der Waals surface area contributed by atoms with Crippen molar-refractivity contribution in [3.05, 3.63) is 29.8 Å². The van der Waals surface area contributed by atoms with Gasteiger partial charge in [0.2, 0.25) is 0 Å². The summed E-state index contributed by atoms with van der Waals surface area (Å²) in [6, 6.07) is 10.3. The fourth-order valence-corrected chi connectivity index (χ4v) is 2.41. The first-order valence-electron chi connectivity index (χ1n) is 6.11. The highest BCUT2D eigenvalue weighted by Crippen LogP contribution is 2.22. The van der Waals surface area contributed by atoms with Crippen LogP contribution in [0.2, 0.25) is 0 Å². The molecular weight excluding hydrogens is 210 g/mol. The maximum Gasteiger partial charge on any atom is 0.0992 e. The third kappa shape index (κ3) is 3.21. The Morgan fingerprint density at radius 2 is 2.29 bits per heavy atom. The van der Waals surface area contributed by atoms with Crippen LogP contribution >= 0.6 is 0 Å². The number of nitriles is 1. The molecule has 1 unspecified atom stereocenters. The Labute approximate surface area is 103 Å². The molecule has 0 bridgehead atoms. The van der Waals surface area contributed by atoms with Crippen molar-refractivity contribution in [2.75, 3.05) is 11.9 Å². The van der Waals surface area contributed by atoms with E-state index in [2.05, 4.69) is 30.6 Å². The van der Waals surface area contributed by atoms with Crippen molar-refractivity contribution >= 4 is 5.69 Å². The lowest BCUT2D eigenvalue weighted by Gasteiger charge is -2.37. The number of hydrogen-bond acceptors (Lipinski definition) is 3. The number of rotatable bonds is 2. The molecule has 2 rings (SSSR count). The minimum atomic E-state index is 0.197. The molecule has 0 saturated carbocycles. The van der Waals surface area contributed by atoms with E-state index in [0.29, 0.717) is 11.6 Å². The molecule has 1 saturated heterocycles. The second-order valence-corrected chi connectivity index (χ2v) is 5.34. The smallest absolute Gasteiger partial charge is 0.0992 e. The van der Waals surface area contributed by atoms with Gasteiger partial charge in [0.25, 0.3) is 0 Å². The summed E-state index contributed by atoms with van der Waals surface area (Å²) in [6.45, 7) is 5.50. The van der Waals surface area contributed by atoms with Crippen LogP contribution in [0.25, 0.3) is 0 Å². The van der Waals surface area contributed by atoms with Crippen LogP contribution < -0.4 is 10.6 Å². The van der Waals surface area contributed by atoms with E-state index < -0.39 is 0 Å². The van der Waals surface area contributed by atoms with Gasteiger partial charge in [-0.1, -0.05) is 6.07 Å². The van der Waals surface area contributed by atoms with Crippen LogP contribution in [0.5, 0.6) is 0 Å². The van der Waals surface area contributed by atoms with E-state index in [-0.39, 0.29) is 5.54 Å². The zero-order valence-corrected chi connectivity index (χ0v) is 10.5. The summed E-state index contributed by atoms with van der Waals surface area (Å²) in [5.74, 6) is 0. The van der Waals surface area contributed by atoms with Gasteiger partial charge in [-0.2, -0.15) is 5.26 Å². The Morgan fingerprint density at radius 1 is 1.47 bits per heavy atom. The summed E-state index contributed by atoms with van der Waals surface area (Å²) < 4.78 is 0. The van der Waals surface area contributed by atoms with Crippen molar-refractivity contribution < 1.29 is 0 Å². The molecule has 0 amide bonds. The molecule has 0 aliphatic carbocycles. The molecule has 1 aliphatic heterocycles. The maximum absolute atomic E-state index is 8.86. The number of nitrogens with zero attached hydrogens (tertiary/aromatic N) is 1. The second-order valence-electron chi connectivity index (χ2n) is 5.34. The monoisotopic (exact) mass is 229 g/mol. The Morgan fingerprint density at radius 3 is 3.00 bits per heavy atom. The largest absolute Gasteiger partial charge is 0.382 e. The van der Waals surface area contributed by atoms with Gasteiger partial charge in [-0.05, 0) is 51.4 Å². The average Bonchev–Trinajstić information content (AvgIpc) is 2.28. The van der Waals surface area contributed by atoms with Crippen LogP contribution in [0.15, 0.2) is 24.3 Å². The molecule has 1 atom stereocenters. The fourth-order valence-electron chi connectivity index (χ4n) is 2.41. The van der Waals surface area contributed by atoms with E-state index in [1.165, 1.54) is 0 Å². The predicted molar refractivity (Wildman–Crippen MR) is 69.9 cm³/mol. The number of benzene rings is 1. The molecule has 17 heavy (non-hydrogen) atoms. The summed E-state index contributed by atoms with van der Waals surface area (Å²) in [5.41, 5.74) is 1.96. The fraction of sp³-hybridized carbons (Fsp3) is 0.500. The normalized spacial score (nSPS) is 22.8. The Kier molecular flexibility index (Phi) is 3.35.